The van der Waals surface area contributed by atoms with Crippen LogP contribution in [-0.4, -0.2) is 67.3 Å². The number of phenols is 1. The maximum Gasteiger partial charge on any atom is 0.303 e. The van der Waals surface area contributed by atoms with Crippen LogP contribution in [0.15, 0.2) is 53.7 Å². The van der Waals surface area contributed by atoms with E-state index in [1.165, 1.54) is 17.0 Å². The largest absolute Gasteiger partial charge is 0.505 e. The number of rotatable bonds is 14. The Morgan fingerprint density at radius 2 is 1.93 bits per heavy atom. The summed E-state index contributed by atoms with van der Waals surface area (Å²) in [5, 5.41) is 40.4. The minimum atomic E-state index is -0.996. The zero-order valence-electron chi connectivity index (χ0n) is 24.3. The molecule has 43 heavy (non-hydrogen) atoms. The van der Waals surface area contributed by atoms with Crippen molar-refractivity contribution in [2.75, 3.05) is 13.2 Å². The van der Waals surface area contributed by atoms with E-state index in [1.807, 2.05) is 19.1 Å². The Labute approximate surface area is 250 Å². The number of carboxylic acids is 1. The number of hydrogen-bond acceptors (Lipinski definition) is 7. The van der Waals surface area contributed by atoms with E-state index in [-0.39, 0.29) is 31.2 Å². The lowest BCUT2D eigenvalue weighted by molar-refractivity contribution is -0.141. The highest BCUT2D eigenvalue weighted by Gasteiger charge is 2.54. The maximum atomic E-state index is 14.0. The number of phenolic OH excluding ortho intramolecular Hbond substituents is 1. The van der Waals surface area contributed by atoms with Gasteiger partial charge in [-0.1, -0.05) is 31.1 Å². The van der Waals surface area contributed by atoms with Crippen molar-refractivity contribution in [1.29, 1.82) is 0 Å². The number of fused-ring (bicyclic) bond motifs is 1. The molecular weight excluding hydrogens is 555 g/mol. The number of benzene rings is 1. The predicted octanol–water partition coefficient (Wildman–Crippen LogP) is 4.57. The predicted molar refractivity (Wildman–Crippen MR) is 158 cm³/mol. The van der Waals surface area contributed by atoms with Gasteiger partial charge in [-0.3, -0.25) is 24.3 Å². The van der Waals surface area contributed by atoms with Crippen LogP contribution in [0.2, 0.25) is 0 Å². The first-order chi connectivity index (χ1) is 20.7. The van der Waals surface area contributed by atoms with Gasteiger partial charge in [0.2, 0.25) is 11.8 Å². The first-order valence-electron chi connectivity index (χ1n) is 14.8. The van der Waals surface area contributed by atoms with E-state index < -0.39 is 48.0 Å². The second-order valence-corrected chi connectivity index (χ2v) is 11.2. The van der Waals surface area contributed by atoms with Gasteiger partial charge in [0.25, 0.3) is 0 Å². The van der Waals surface area contributed by atoms with Gasteiger partial charge in [0.05, 0.1) is 30.2 Å². The molecule has 4 rings (SSSR count). The number of carboxylic acid groups (broad SMARTS) is 1. The monoisotopic (exact) mass is 594 g/mol. The van der Waals surface area contributed by atoms with Crippen molar-refractivity contribution < 1.29 is 39.2 Å². The Balaban J connectivity index is 1.53. The van der Waals surface area contributed by atoms with E-state index in [2.05, 4.69) is 4.98 Å². The van der Waals surface area contributed by atoms with Crippen molar-refractivity contribution in [2.24, 2.45) is 17.8 Å². The highest BCUT2D eigenvalue weighted by atomic mass is 19.1. The molecule has 10 heteroatoms. The molecule has 1 aromatic heterocycles. The van der Waals surface area contributed by atoms with E-state index in [4.69, 9.17) is 5.11 Å². The molecule has 230 valence electrons. The van der Waals surface area contributed by atoms with Crippen LogP contribution in [0.5, 0.6) is 5.75 Å². The Morgan fingerprint density at radius 1 is 1.14 bits per heavy atom. The van der Waals surface area contributed by atoms with Crippen molar-refractivity contribution in [2.45, 2.75) is 64.4 Å². The lowest BCUT2D eigenvalue weighted by Crippen LogP contribution is -2.39. The van der Waals surface area contributed by atoms with E-state index in [0.29, 0.717) is 55.4 Å². The SMILES string of the molecule is CCC1=C([C@H](O)CC/C(=C/c2ccc(O)c(F)c2)c2ccccn2)[C@H](CO)[C@@H]2C(=O)N(CCCCCC(=O)O)C(=O)[C@@H]2C1. The van der Waals surface area contributed by atoms with Gasteiger partial charge < -0.3 is 20.4 Å². The number of unbranched alkanes of at least 4 members (excludes halogenated alkanes) is 2. The van der Waals surface area contributed by atoms with E-state index in [0.717, 1.165) is 11.1 Å². The third-order valence-corrected chi connectivity index (χ3v) is 8.52. The number of amides is 2. The number of allylic oxidation sites excluding steroid dienone is 2. The number of carbonyl (C=O) groups is 3. The van der Waals surface area contributed by atoms with Gasteiger partial charge in [0, 0.05) is 25.1 Å². The standard InChI is InChI=1S/C33H39FN2O7/c1-2-21-18-23-31(33(43)36(32(23)42)15-7-3-4-9-29(40)41)24(19-37)30(21)28(39)13-11-22(26-8-5-6-14-35-26)16-20-10-12-27(38)25(34)17-20/h5-6,8,10,12,14,16-17,23-24,28,31,37-39H,2-4,7,9,11,13,15,18-19H2,1H3,(H,40,41)/b22-16-/t23-,24+,28-,31-/m1/s1. The second kappa shape index (κ2) is 14.5. The number of likely N-dealkylation sites (tertiary alicyclic amines) is 1. The molecule has 2 heterocycles. The lowest BCUT2D eigenvalue weighted by atomic mass is 9.67. The minimum Gasteiger partial charge on any atom is -0.505 e. The normalized spacial score (nSPS) is 21.3. The average Bonchev–Trinajstić information content (AvgIpc) is 3.24. The van der Waals surface area contributed by atoms with Crippen LogP contribution >= 0.6 is 0 Å². The van der Waals surface area contributed by atoms with Gasteiger partial charge in [-0.25, -0.2) is 4.39 Å². The number of aromatic nitrogens is 1. The molecule has 0 spiro atoms. The van der Waals surface area contributed by atoms with Crippen molar-refractivity contribution >= 4 is 29.4 Å². The van der Waals surface area contributed by atoms with Crippen molar-refractivity contribution in [3.05, 3.63) is 70.8 Å². The van der Waals surface area contributed by atoms with Crippen LogP contribution in [0.25, 0.3) is 11.6 Å². The third kappa shape index (κ3) is 7.37. The summed E-state index contributed by atoms with van der Waals surface area (Å²) in [5.74, 6) is -4.77. The summed E-state index contributed by atoms with van der Waals surface area (Å²) in [6.45, 7) is 1.74. The molecule has 1 aliphatic carbocycles. The van der Waals surface area contributed by atoms with Crippen molar-refractivity contribution in [3.63, 3.8) is 0 Å². The number of aliphatic hydroxyl groups excluding tert-OH is 2. The number of carbonyl (C=O) groups excluding carboxylic acids is 2. The van der Waals surface area contributed by atoms with E-state index in [9.17, 15) is 34.1 Å². The van der Waals surface area contributed by atoms with E-state index in [1.54, 1.807) is 24.4 Å². The topological polar surface area (TPSA) is 148 Å². The molecule has 2 aromatic rings. The number of nitrogens with zero attached hydrogens (tertiary/aromatic N) is 2. The molecule has 1 saturated heterocycles. The smallest absolute Gasteiger partial charge is 0.303 e. The van der Waals surface area contributed by atoms with Gasteiger partial charge >= 0.3 is 5.97 Å². The molecule has 0 unspecified atom stereocenters. The summed E-state index contributed by atoms with van der Waals surface area (Å²) >= 11 is 0. The van der Waals surface area contributed by atoms with Gasteiger partial charge in [-0.15, -0.1) is 0 Å². The fourth-order valence-electron chi connectivity index (χ4n) is 6.40. The molecule has 0 saturated carbocycles. The van der Waals surface area contributed by atoms with Gasteiger partial charge in [0.1, 0.15) is 0 Å². The molecule has 9 nitrogen and oxygen atoms in total. The first-order valence-corrected chi connectivity index (χ1v) is 14.8. The number of imide groups is 1. The quantitative estimate of drug-likeness (QED) is 0.141. The molecule has 0 radical (unpaired) electrons. The van der Waals surface area contributed by atoms with Crippen LogP contribution in [0, 0.1) is 23.6 Å². The molecule has 1 fully saturated rings. The molecule has 4 atom stereocenters. The summed E-state index contributed by atoms with van der Waals surface area (Å²) in [7, 11) is 0. The molecule has 4 N–H and O–H groups in total. The van der Waals surface area contributed by atoms with Crippen molar-refractivity contribution in [1.82, 2.24) is 9.88 Å². The number of aromatic hydroxyl groups is 1. The lowest BCUT2D eigenvalue weighted by Gasteiger charge is -2.36. The van der Waals surface area contributed by atoms with Crippen LogP contribution < -0.4 is 0 Å². The molecule has 1 aromatic carbocycles. The minimum absolute atomic E-state index is 0.0355. The Bertz CT molecular complexity index is 1390. The number of hydrogen-bond donors (Lipinski definition) is 4. The maximum absolute atomic E-state index is 14.0. The average molecular weight is 595 g/mol. The molecular formula is C33H39FN2O7. The number of aliphatic carboxylic acids is 1. The van der Waals surface area contributed by atoms with E-state index >= 15 is 0 Å². The summed E-state index contributed by atoms with van der Waals surface area (Å²) < 4.78 is 14.0. The van der Waals surface area contributed by atoms with Crippen LogP contribution in [0.4, 0.5) is 4.39 Å². The summed E-state index contributed by atoms with van der Waals surface area (Å²) in [6.07, 6.45) is 5.45. The highest BCUT2D eigenvalue weighted by Crippen LogP contribution is 2.47. The summed E-state index contributed by atoms with van der Waals surface area (Å²) in [6, 6.07) is 9.49. The first kappa shape index (κ1) is 32.0. The van der Waals surface area contributed by atoms with Crippen LogP contribution in [0.3, 0.4) is 0 Å². The summed E-state index contributed by atoms with van der Waals surface area (Å²) in [4.78, 5) is 43.2. The molecule has 2 aliphatic rings. The Hall–Kier alpha value is -3.89. The van der Waals surface area contributed by atoms with Gasteiger partial charge in [0.15, 0.2) is 11.6 Å². The Morgan fingerprint density at radius 3 is 2.58 bits per heavy atom. The van der Waals surface area contributed by atoms with Crippen LogP contribution in [-0.2, 0) is 14.4 Å². The second-order valence-electron chi connectivity index (χ2n) is 11.2. The third-order valence-electron chi connectivity index (χ3n) is 8.52. The highest BCUT2D eigenvalue weighted by molar-refractivity contribution is 6.05. The molecule has 1 aliphatic heterocycles. The number of aliphatic hydroxyl groups is 2. The fourth-order valence-corrected chi connectivity index (χ4v) is 6.40. The zero-order valence-corrected chi connectivity index (χ0v) is 24.3. The van der Waals surface area contributed by atoms with Gasteiger partial charge in [-0.05, 0) is 85.6 Å². The van der Waals surface area contributed by atoms with Crippen LogP contribution in [0.1, 0.15) is 69.5 Å². The van der Waals surface area contributed by atoms with Gasteiger partial charge in [-0.2, -0.15) is 0 Å². The number of halogens is 1. The van der Waals surface area contributed by atoms with Crippen molar-refractivity contribution in [3.8, 4) is 5.75 Å². The number of pyridine rings is 1. The summed E-state index contributed by atoms with van der Waals surface area (Å²) in [5.41, 5.74) is 3.36. The Kier molecular flexibility index (Phi) is 10.8. The fraction of sp³-hybridized carbons (Fsp3) is 0.455. The molecule has 2 amide bonds. The zero-order chi connectivity index (χ0) is 31.1. The molecule has 0 bridgehead atoms.